The molecule has 1 aliphatic carbocycles. The van der Waals surface area contributed by atoms with E-state index < -0.39 is 0 Å². The van der Waals surface area contributed by atoms with Crippen LogP contribution in [0.25, 0.3) is 0 Å². The van der Waals surface area contributed by atoms with E-state index in [4.69, 9.17) is 0 Å². The van der Waals surface area contributed by atoms with Gasteiger partial charge in [-0.15, -0.1) is 0 Å². The van der Waals surface area contributed by atoms with Crippen LogP contribution in [0.15, 0.2) is 48.5 Å². The van der Waals surface area contributed by atoms with Crippen LogP contribution in [0.1, 0.15) is 58.9 Å². The Balaban J connectivity index is 1.61. The van der Waals surface area contributed by atoms with Gasteiger partial charge in [0.25, 0.3) is 11.8 Å². The summed E-state index contributed by atoms with van der Waals surface area (Å²) in [7, 11) is 0. The molecule has 2 amide bonds. The minimum absolute atomic E-state index is 0.0772. The van der Waals surface area contributed by atoms with E-state index in [-0.39, 0.29) is 30.1 Å². The number of benzene rings is 2. The van der Waals surface area contributed by atoms with Crippen molar-refractivity contribution in [3.8, 4) is 0 Å². The Hall–Kier alpha value is -2.95. The fourth-order valence-electron chi connectivity index (χ4n) is 3.97. The highest BCUT2D eigenvalue weighted by Gasteiger charge is 2.31. The van der Waals surface area contributed by atoms with Crippen LogP contribution in [-0.4, -0.2) is 30.2 Å². The molecule has 0 saturated heterocycles. The van der Waals surface area contributed by atoms with Gasteiger partial charge in [0.2, 0.25) is 0 Å². The second-order valence-electron chi connectivity index (χ2n) is 8.14. The minimum Gasteiger partial charge on any atom is -0.352 e. The molecule has 1 fully saturated rings. The van der Waals surface area contributed by atoms with Gasteiger partial charge in [-0.1, -0.05) is 31.0 Å². The zero-order valence-corrected chi connectivity index (χ0v) is 16.7. The van der Waals surface area contributed by atoms with Gasteiger partial charge in [-0.05, 0) is 55.2 Å². The first-order chi connectivity index (χ1) is 14.0. The Kier molecular flexibility index (Phi) is 5.47. The maximum absolute atomic E-state index is 13.2. The van der Waals surface area contributed by atoms with Gasteiger partial charge in [-0.25, -0.2) is 0 Å². The number of nitrogens with zero attached hydrogens (tertiary/aromatic N) is 1. The Bertz CT molecular complexity index is 934. The molecule has 0 aromatic heterocycles. The molecule has 1 unspecified atom stereocenters. The van der Waals surface area contributed by atoms with Crippen molar-refractivity contribution in [1.29, 1.82) is 0 Å². The van der Waals surface area contributed by atoms with Crippen LogP contribution < -0.4 is 10.2 Å². The van der Waals surface area contributed by atoms with Crippen molar-refractivity contribution in [2.75, 3.05) is 11.4 Å². The molecule has 1 N–H and O–H groups in total. The van der Waals surface area contributed by atoms with Crippen LogP contribution in [0.2, 0.25) is 0 Å². The predicted molar refractivity (Wildman–Crippen MR) is 112 cm³/mol. The van der Waals surface area contributed by atoms with Gasteiger partial charge in [0.05, 0.1) is 0 Å². The fourth-order valence-corrected chi connectivity index (χ4v) is 3.97. The van der Waals surface area contributed by atoms with Gasteiger partial charge in [0.1, 0.15) is 5.78 Å². The molecule has 4 rings (SSSR count). The molecule has 5 heteroatoms. The Labute approximate surface area is 171 Å². The lowest BCUT2D eigenvalue weighted by Crippen LogP contribution is -2.39. The van der Waals surface area contributed by atoms with Crippen LogP contribution >= 0.6 is 0 Å². The highest BCUT2D eigenvalue weighted by atomic mass is 16.2. The minimum atomic E-state index is -0.241. The summed E-state index contributed by atoms with van der Waals surface area (Å²) < 4.78 is 0. The molecule has 2 aromatic carbocycles. The van der Waals surface area contributed by atoms with Crippen molar-refractivity contribution in [3.63, 3.8) is 0 Å². The Morgan fingerprint density at radius 3 is 2.55 bits per heavy atom. The summed E-state index contributed by atoms with van der Waals surface area (Å²) in [5.74, 6) is 0.585. The summed E-state index contributed by atoms with van der Waals surface area (Å²) in [4.78, 5) is 39.9. The number of ketones is 1. The van der Waals surface area contributed by atoms with Gasteiger partial charge < -0.3 is 10.2 Å². The van der Waals surface area contributed by atoms with Crippen LogP contribution in [0.4, 0.5) is 5.69 Å². The zero-order valence-electron chi connectivity index (χ0n) is 16.7. The molecule has 2 aliphatic rings. The summed E-state index contributed by atoms with van der Waals surface area (Å²) in [6.45, 7) is 2.57. The number of anilines is 1. The number of Topliss-reactive ketones (excluding diaryl/α,β-unsaturated/α-hetero) is 1. The molecular formula is C24H26N2O3. The van der Waals surface area contributed by atoms with Crippen molar-refractivity contribution < 1.29 is 14.4 Å². The van der Waals surface area contributed by atoms with E-state index in [9.17, 15) is 14.4 Å². The number of carbonyl (C=O) groups is 3. The molecule has 0 bridgehead atoms. The highest BCUT2D eigenvalue weighted by molar-refractivity contribution is 6.08. The maximum Gasteiger partial charge on any atom is 0.258 e. The second-order valence-corrected chi connectivity index (χ2v) is 8.14. The third-order valence-corrected chi connectivity index (χ3v) is 5.73. The van der Waals surface area contributed by atoms with Crippen LogP contribution in [-0.2, 0) is 11.2 Å². The summed E-state index contributed by atoms with van der Waals surface area (Å²) in [5.41, 5.74) is 2.57. The van der Waals surface area contributed by atoms with Gasteiger partial charge in [-0.2, -0.15) is 0 Å². The fraction of sp³-hybridized carbons (Fsp3) is 0.375. The van der Waals surface area contributed by atoms with Gasteiger partial charge in [-0.3, -0.25) is 14.4 Å². The third kappa shape index (κ3) is 4.39. The van der Waals surface area contributed by atoms with E-state index in [1.807, 2.05) is 25.1 Å². The second kappa shape index (κ2) is 8.19. The topological polar surface area (TPSA) is 66.5 Å². The van der Waals surface area contributed by atoms with Gasteiger partial charge >= 0.3 is 0 Å². The van der Waals surface area contributed by atoms with E-state index in [2.05, 4.69) is 5.32 Å². The average molecular weight is 390 g/mol. The summed E-state index contributed by atoms with van der Waals surface area (Å²) >= 11 is 0. The zero-order chi connectivity index (χ0) is 20.4. The summed E-state index contributed by atoms with van der Waals surface area (Å²) in [5, 5.41) is 2.97. The van der Waals surface area contributed by atoms with E-state index in [1.54, 1.807) is 35.2 Å². The molecule has 1 heterocycles. The molecule has 1 saturated carbocycles. The molecule has 0 spiro atoms. The summed E-state index contributed by atoms with van der Waals surface area (Å²) in [6, 6.07) is 14.2. The van der Waals surface area contributed by atoms with Gasteiger partial charge in [0, 0.05) is 42.2 Å². The third-order valence-electron chi connectivity index (χ3n) is 5.73. The average Bonchev–Trinajstić information content (AvgIpc) is 3.54. The number of hydrogen-bond acceptors (Lipinski definition) is 3. The molecule has 0 radical (unpaired) electrons. The number of carbonyl (C=O) groups excluding carboxylic acids is 3. The maximum atomic E-state index is 13.2. The molecule has 150 valence electrons. The Morgan fingerprint density at radius 1 is 1.07 bits per heavy atom. The predicted octanol–water partition coefficient (Wildman–Crippen LogP) is 3.77. The van der Waals surface area contributed by atoms with Crippen molar-refractivity contribution in [2.24, 2.45) is 5.92 Å². The summed E-state index contributed by atoms with van der Waals surface area (Å²) in [6.07, 6.45) is 4.09. The molecule has 5 nitrogen and oxygen atoms in total. The first-order valence-electron chi connectivity index (χ1n) is 10.3. The van der Waals surface area contributed by atoms with Crippen molar-refractivity contribution in [3.05, 3.63) is 65.2 Å². The Morgan fingerprint density at radius 2 is 1.83 bits per heavy atom. The number of amides is 2. The van der Waals surface area contributed by atoms with E-state index >= 15 is 0 Å². The van der Waals surface area contributed by atoms with Crippen molar-refractivity contribution in [2.45, 2.75) is 45.1 Å². The lowest BCUT2D eigenvalue weighted by molar-refractivity contribution is -0.118. The smallest absolute Gasteiger partial charge is 0.258 e. The van der Waals surface area contributed by atoms with E-state index in [1.165, 1.54) is 12.8 Å². The van der Waals surface area contributed by atoms with Gasteiger partial charge in [0.15, 0.2) is 0 Å². The monoisotopic (exact) mass is 390 g/mol. The number of rotatable bonds is 5. The molecule has 2 aromatic rings. The lowest BCUT2D eigenvalue weighted by atomic mass is 10.0. The van der Waals surface area contributed by atoms with Crippen LogP contribution in [0.5, 0.6) is 0 Å². The first-order valence-corrected chi connectivity index (χ1v) is 10.3. The normalized spacial score (nSPS) is 18.7. The van der Waals surface area contributed by atoms with Crippen LogP contribution in [0.3, 0.4) is 0 Å². The number of fused-ring (bicyclic) bond motifs is 1. The van der Waals surface area contributed by atoms with Crippen molar-refractivity contribution in [1.82, 2.24) is 5.32 Å². The standard InChI is InChI=1S/C24H26N2O3/c1-16-13-21(27)15-20-14-19(23(28)25-12-11-17-7-8-17)9-10-22(20)26(16)24(29)18-5-3-2-4-6-18/h2-6,9-10,14,16-17H,7-8,11-13,15H2,1H3,(H,25,28). The van der Waals surface area contributed by atoms with E-state index in [0.29, 0.717) is 29.8 Å². The molecular weight excluding hydrogens is 364 g/mol. The number of hydrogen-bond donors (Lipinski definition) is 1. The first kappa shape index (κ1) is 19.4. The lowest BCUT2D eigenvalue weighted by Gasteiger charge is -2.28. The molecule has 29 heavy (non-hydrogen) atoms. The molecule has 1 aliphatic heterocycles. The molecule has 1 atom stereocenters. The largest absolute Gasteiger partial charge is 0.352 e. The highest BCUT2D eigenvalue weighted by Crippen LogP contribution is 2.32. The number of nitrogens with one attached hydrogen (secondary N) is 1. The van der Waals surface area contributed by atoms with Crippen LogP contribution in [0, 0.1) is 5.92 Å². The SMILES string of the molecule is CC1CC(=O)Cc2cc(C(=O)NCCC3CC3)ccc2N1C(=O)c1ccccc1. The van der Waals surface area contributed by atoms with E-state index in [0.717, 1.165) is 17.9 Å². The quantitative estimate of drug-likeness (QED) is 0.845. The van der Waals surface area contributed by atoms with Crippen molar-refractivity contribution >= 4 is 23.3 Å².